The minimum absolute atomic E-state index is 0.174. The molecular weight excluding hydrogens is 267 g/mol. The highest BCUT2D eigenvalue weighted by Crippen LogP contribution is 2.34. The summed E-state index contributed by atoms with van der Waals surface area (Å²) in [6.45, 7) is 0. The monoisotopic (exact) mass is 275 g/mol. The number of nitrogens with zero attached hydrogens (tertiary/aromatic N) is 1. The number of nitrogens with one attached hydrogen (secondary N) is 1. The number of H-pyrrole nitrogens is 1. The third kappa shape index (κ3) is 2.02. The molecule has 0 aliphatic carbocycles. The molecule has 0 atom stereocenters. The molecule has 3 N–H and O–H groups in total. The van der Waals surface area contributed by atoms with Crippen LogP contribution in [0.5, 0.6) is 0 Å². The fraction of sp³-hybridized carbons (Fsp3) is 0.200. The lowest BCUT2D eigenvalue weighted by Crippen LogP contribution is -2.38. The molecule has 2 aromatic rings. The quantitative estimate of drug-likeness (QED) is 0.735. The first-order valence-corrected chi connectivity index (χ1v) is 4.96. The summed E-state index contributed by atoms with van der Waals surface area (Å²) in [6.07, 6.45) is -4.68. The van der Waals surface area contributed by atoms with Crippen LogP contribution in [0.4, 0.5) is 18.9 Å². The molecule has 0 saturated heterocycles. The van der Waals surface area contributed by atoms with Gasteiger partial charge in [-0.25, -0.2) is 4.79 Å². The zero-order chi connectivity index (χ0) is 14.4. The highest BCUT2D eigenvalue weighted by atomic mass is 19.4. The van der Waals surface area contributed by atoms with Gasteiger partial charge in [-0.15, -0.1) is 0 Å². The Kier molecular flexibility index (Phi) is 2.76. The predicted molar refractivity (Wildman–Crippen MR) is 60.7 cm³/mol. The number of hydrogen-bond acceptors (Lipinski definition) is 4. The van der Waals surface area contributed by atoms with E-state index >= 15 is 0 Å². The van der Waals surface area contributed by atoms with Gasteiger partial charge in [0.2, 0.25) is 0 Å². The minimum Gasteiger partial charge on any atom is -0.409 e. The van der Waals surface area contributed by atoms with E-state index in [2.05, 4.69) is 9.82 Å². The Morgan fingerprint density at radius 3 is 2.47 bits per heavy atom. The number of nitrogens with two attached hydrogens (primary N) is 1. The Morgan fingerprint density at radius 2 is 1.95 bits per heavy atom. The topological polar surface area (TPSA) is 90.1 Å². The molecule has 0 amide bonds. The Hall–Kier alpha value is -2.45. The average molecular weight is 275 g/mol. The number of benzene rings is 1. The fourth-order valence-electron chi connectivity index (χ4n) is 1.68. The van der Waals surface area contributed by atoms with Gasteiger partial charge in [0.25, 0.3) is 5.56 Å². The third-order valence-electron chi connectivity index (χ3n) is 2.52. The Labute approximate surface area is 103 Å². The van der Waals surface area contributed by atoms with Gasteiger partial charge < -0.3 is 15.6 Å². The van der Waals surface area contributed by atoms with E-state index in [1.807, 2.05) is 0 Å². The van der Waals surface area contributed by atoms with Crippen LogP contribution in [-0.4, -0.2) is 16.8 Å². The largest absolute Gasteiger partial charge is 0.418 e. The average Bonchev–Trinajstić information content (AvgIpc) is 2.29. The number of nitrogen functional groups attached to an aromatic ring is 1. The summed E-state index contributed by atoms with van der Waals surface area (Å²) in [7, 11) is 1.08. The van der Waals surface area contributed by atoms with E-state index in [1.54, 1.807) is 0 Å². The molecule has 0 spiro atoms. The summed E-state index contributed by atoms with van der Waals surface area (Å²) in [6, 6.07) is 1.47. The number of aromatic nitrogens is 2. The van der Waals surface area contributed by atoms with Crippen molar-refractivity contribution in [1.29, 1.82) is 0 Å². The Bertz CT molecular complexity index is 761. The molecule has 0 bridgehead atoms. The first-order valence-electron chi connectivity index (χ1n) is 4.96. The predicted octanol–water partition coefficient (Wildman–Crippen LogP) is 0.349. The van der Waals surface area contributed by atoms with Crippen LogP contribution in [0.25, 0.3) is 10.9 Å². The highest BCUT2D eigenvalue weighted by molar-refractivity contribution is 5.82. The van der Waals surface area contributed by atoms with E-state index < -0.39 is 28.7 Å². The molecule has 102 valence electrons. The van der Waals surface area contributed by atoms with Crippen molar-refractivity contribution in [2.45, 2.75) is 6.18 Å². The number of hydrogen-bond donors (Lipinski definition) is 2. The summed E-state index contributed by atoms with van der Waals surface area (Å²) in [5.41, 5.74) is 1.42. The van der Waals surface area contributed by atoms with E-state index in [-0.39, 0.29) is 10.9 Å². The molecule has 0 aliphatic heterocycles. The summed E-state index contributed by atoms with van der Waals surface area (Å²) < 4.78 is 38.3. The minimum atomic E-state index is -4.68. The maximum atomic E-state index is 12.6. The zero-order valence-electron chi connectivity index (χ0n) is 9.54. The van der Waals surface area contributed by atoms with Gasteiger partial charge in [-0.3, -0.25) is 4.79 Å². The van der Waals surface area contributed by atoms with Crippen LogP contribution in [-0.2, 0) is 6.18 Å². The normalized spacial score (nSPS) is 11.8. The number of aromatic amines is 1. The van der Waals surface area contributed by atoms with Gasteiger partial charge >= 0.3 is 11.9 Å². The van der Waals surface area contributed by atoms with E-state index in [0.717, 1.165) is 13.2 Å². The molecule has 0 saturated carbocycles. The van der Waals surface area contributed by atoms with E-state index in [9.17, 15) is 22.8 Å². The molecule has 0 fully saturated rings. The van der Waals surface area contributed by atoms with E-state index in [0.29, 0.717) is 10.8 Å². The smallest absolute Gasteiger partial charge is 0.409 e. The molecule has 0 aliphatic rings. The van der Waals surface area contributed by atoms with Crippen LogP contribution < -0.4 is 21.8 Å². The Balaban J connectivity index is 2.91. The van der Waals surface area contributed by atoms with Crippen molar-refractivity contribution in [3.8, 4) is 0 Å². The lowest BCUT2D eigenvalue weighted by Gasteiger charge is -2.11. The molecule has 0 unspecified atom stereocenters. The van der Waals surface area contributed by atoms with Crippen LogP contribution in [0.3, 0.4) is 0 Å². The van der Waals surface area contributed by atoms with Gasteiger partial charge in [-0.1, -0.05) is 4.73 Å². The molecule has 2 rings (SSSR count). The lowest BCUT2D eigenvalue weighted by molar-refractivity contribution is -0.136. The number of alkyl halides is 3. The van der Waals surface area contributed by atoms with Crippen molar-refractivity contribution in [2.24, 2.45) is 0 Å². The SMILES string of the molecule is COn1c(=O)[nH]c2cc(C(F)(F)F)c(N)cc2c1=O. The molecule has 19 heavy (non-hydrogen) atoms. The van der Waals surface area contributed by atoms with Gasteiger partial charge in [0, 0.05) is 5.69 Å². The third-order valence-corrected chi connectivity index (χ3v) is 2.52. The van der Waals surface area contributed by atoms with Crippen LogP contribution >= 0.6 is 0 Å². The molecule has 9 heteroatoms. The maximum absolute atomic E-state index is 12.6. The molecule has 1 aromatic carbocycles. The molecule has 1 heterocycles. The molecule has 0 radical (unpaired) electrons. The second kappa shape index (κ2) is 4.04. The van der Waals surface area contributed by atoms with Crippen molar-refractivity contribution in [3.05, 3.63) is 38.5 Å². The van der Waals surface area contributed by atoms with Crippen LogP contribution in [0, 0.1) is 0 Å². The van der Waals surface area contributed by atoms with Crippen LogP contribution in [0.1, 0.15) is 5.56 Å². The zero-order valence-corrected chi connectivity index (χ0v) is 9.54. The van der Waals surface area contributed by atoms with E-state index in [4.69, 9.17) is 5.73 Å². The summed E-state index contributed by atoms with van der Waals surface area (Å²) in [5.74, 6) is 0. The van der Waals surface area contributed by atoms with Gasteiger partial charge in [-0.2, -0.15) is 13.2 Å². The second-order valence-corrected chi connectivity index (χ2v) is 3.70. The maximum Gasteiger partial charge on any atom is 0.418 e. The van der Waals surface area contributed by atoms with Crippen molar-refractivity contribution in [2.75, 3.05) is 12.8 Å². The van der Waals surface area contributed by atoms with Crippen molar-refractivity contribution < 1.29 is 18.0 Å². The van der Waals surface area contributed by atoms with Gasteiger partial charge in [0.1, 0.15) is 7.11 Å². The number of anilines is 1. The lowest BCUT2D eigenvalue weighted by atomic mass is 10.1. The van der Waals surface area contributed by atoms with Crippen molar-refractivity contribution in [3.63, 3.8) is 0 Å². The van der Waals surface area contributed by atoms with Gasteiger partial charge in [0.05, 0.1) is 16.5 Å². The summed E-state index contributed by atoms with van der Waals surface area (Å²) >= 11 is 0. The van der Waals surface area contributed by atoms with E-state index in [1.165, 1.54) is 0 Å². The van der Waals surface area contributed by atoms with Crippen LogP contribution in [0.15, 0.2) is 21.7 Å². The highest BCUT2D eigenvalue weighted by Gasteiger charge is 2.33. The van der Waals surface area contributed by atoms with Crippen LogP contribution in [0.2, 0.25) is 0 Å². The summed E-state index contributed by atoms with van der Waals surface area (Å²) in [4.78, 5) is 29.8. The molecular formula is C10H8F3N3O3. The number of fused-ring (bicyclic) bond motifs is 1. The van der Waals surface area contributed by atoms with Gasteiger partial charge in [0.15, 0.2) is 0 Å². The molecule has 6 nitrogen and oxygen atoms in total. The summed E-state index contributed by atoms with van der Waals surface area (Å²) in [5, 5.41) is -0.174. The van der Waals surface area contributed by atoms with Gasteiger partial charge in [-0.05, 0) is 12.1 Å². The Morgan fingerprint density at radius 1 is 1.32 bits per heavy atom. The number of rotatable bonds is 1. The first kappa shape index (κ1) is 13.0. The van der Waals surface area contributed by atoms with Crippen molar-refractivity contribution >= 4 is 16.6 Å². The first-order chi connectivity index (χ1) is 8.75. The number of halogens is 3. The fourth-order valence-corrected chi connectivity index (χ4v) is 1.68. The molecule has 1 aromatic heterocycles. The van der Waals surface area contributed by atoms with Crippen molar-refractivity contribution in [1.82, 2.24) is 9.71 Å². The standard InChI is InChI=1S/C10H8F3N3O3/c1-19-16-8(17)4-2-6(14)5(10(11,12)13)3-7(4)15-9(16)18/h2-3H,14H2,1H3,(H,15,18). The second-order valence-electron chi connectivity index (χ2n) is 3.70.